The third kappa shape index (κ3) is 1.67. The first-order valence-corrected chi connectivity index (χ1v) is 6.43. The molecule has 1 unspecified atom stereocenters. The lowest BCUT2D eigenvalue weighted by molar-refractivity contribution is 0.735. The summed E-state index contributed by atoms with van der Waals surface area (Å²) in [5, 5.41) is 0. The minimum Gasteiger partial charge on any atom is -0.351 e. The first-order chi connectivity index (χ1) is 8.31. The van der Waals surface area contributed by atoms with Crippen LogP contribution in [0.5, 0.6) is 0 Å². The van der Waals surface area contributed by atoms with E-state index in [0.29, 0.717) is 11.9 Å². The van der Waals surface area contributed by atoms with Crippen LogP contribution in [0.2, 0.25) is 0 Å². The molecule has 3 heterocycles. The van der Waals surface area contributed by atoms with Crippen LogP contribution in [0.1, 0.15) is 12.8 Å². The van der Waals surface area contributed by atoms with E-state index in [2.05, 4.69) is 14.9 Å². The topological polar surface area (TPSA) is 34.0 Å². The predicted octanol–water partition coefficient (Wildman–Crippen LogP) is 2.18. The Labute approximate surface area is 105 Å². The molecule has 0 N–H and O–H groups in total. The molecule has 5 heteroatoms. The standard InChI is InChI=1S/C12H15ClN4/c1-16-8-15-11-10(16)4-5-14-12(11)17-6-2-3-9(17)7-13/h4-5,8-9H,2-3,6-7H2,1H3. The second-order valence-corrected chi connectivity index (χ2v) is 4.81. The Morgan fingerprint density at radius 1 is 1.47 bits per heavy atom. The highest BCUT2D eigenvalue weighted by Crippen LogP contribution is 2.29. The molecule has 0 radical (unpaired) electrons. The van der Waals surface area contributed by atoms with Gasteiger partial charge in [-0.05, 0) is 18.9 Å². The lowest BCUT2D eigenvalue weighted by Crippen LogP contribution is -2.31. The number of hydrogen-bond acceptors (Lipinski definition) is 3. The van der Waals surface area contributed by atoms with Crippen molar-refractivity contribution in [3.63, 3.8) is 0 Å². The van der Waals surface area contributed by atoms with Crippen LogP contribution in [0.4, 0.5) is 5.82 Å². The van der Waals surface area contributed by atoms with E-state index in [9.17, 15) is 0 Å². The van der Waals surface area contributed by atoms with E-state index in [1.165, 1.54) is 6.42 Å². The van der Waals surface area contributed by atoms with Crippen molar-refractivity contribution >= 4 is 28.5 Å². The molecule has 2 aromatic heterocycles. The first kappa shape index (κ1) is 10.8. The molecular weight excluding hydrogens is 236 g/mol. The molecule has 4 nitrogen and oxygen atoms in total. The van der Waals surface area contributed by atoms with Crippen LogP contribution in [0.25, 0.3) is 11.0 Å². The minimum atomic E-state index is 0.400. The van der Waals surface area contributed by atoms with Gasteiger partial charge in [-0.25, -0.2) is 9.97 Å². The zero-order valence-corrected chi connectivity index (χ0v) is 10.6. The van der Waals surface area contributed by atoms with Crippen LogP contribution in [0.15, 0.2) is 18.6 Å². The van der Waals surface area contributed by atoms with Crippen LogP contribution in [0.3, 0.4) is 0 Å². The summed E-state index contributed by atoms with van der Waals surface area (Å²) in [5.74, 6) is 1.64. The molecule has 0 aromatic carbocycles. The van der Waals surface area contributed by atoms with Gasteiger partial charge in [-0.2, -0.15) is 0 Å². The average Bonchev–Trinajstić information content (AvgIpc) is 2.96. The number of anilines is 1. The van der Waals surface area contributed by atoms with E-state index in [0.717, 1.165) is 29.8 Å². The molecule has 1 saturated heterocycles. The number of nitrogens with zero attached hydrogens (tertiary/aromatic N) is 4. The second kappa shape index (κ2) is 4.18. The highest BCUT2D eigenvalue weighted by atomic mass is 35.5. The molecule has 3 rings (SSSR count). The maximum atomic E-state index is 6.01. The van der Waals surface area contributed by atoms with E-state index in [1.807, 2.05) is 30.2 Å². The quantitative estimate of drug-likeness (QED) is 0.766. The van der Waals surface area contributed by atoms with Gasteiger partial charge in [0, 0.05) is 31.7 Å². The van der Waals surface area contributed by atoms with Gasteiger partial charge in [0.1, 0.15) is 5.52 Å². The summed E-state index contributed by atoms with van der Waals surface area (Å²) < 4.78 is 2.02. The number of alkyl halides is 1. The molecular formula is C12H15ClN4. The Balaban J connectivity index is 2.10. The number of fused-ring (bicyclic) bond motifs is 1. The minimum absolute atomic E-state index is 0.400. The molecule has 2 aromatic rings. The largest absolute Gasteiger partial charge is 0.351 e. The van der Waals surface area contributed by atoms with E-state index in [1.54, 1.807) is 0 Å². The van der Waals surface area contributed by atoms with E-state index >= 15 is 0 Å². The summed E-state index contributed by atoms with van der Waals surface area (Å²) in [7, 11) is 2.00. The number of imidazole rings is 1. The molecule has 90 valence electrons. The van der Waals surface area contributed by atoms with Gasteiger partial charge in [-0.15, -0.1) is 11.6 Å². The summed E-state index contributed by atoms with van der Waals surface area (Å²) in [4.78, 5) is 11.2. The lowest BCUT2D eigenvalue weighted by Gasteiger charge is -2.24. The van der Waals surface area contributed by atoms with Gasteiger partial charge in [-0.3, -0.25) is 0 Å². The zero-order valence-electron chi connectivity index (χ0n) is 9.80. The zero-order chi connectivity index (χ0) is 11.8. The third-order valence-electron chi connectivity index (χ3n) is 3.45. The molecule has 0 aliphatic carbocycles. The summed E-state index contributed by atoms with van der Waals surface area (Å²) in [5.41, 5.74) is 2.10. The van der Waals surface area contributed by atoms with Crippen molar-refractivity contribution in [3.8, 4) is 0 Å². The molecule has 17 heavy (non-hydrogen) atoms. The number of hydrogen-bond donors (Lipinski definition) is 0. The molecule has 0 spiro atoms. The fourth-order valence-corrected chi connectivity index (χ4v) is 2.85. The molecule has 1 aliphatic heterocycles. The number of aryl methyl sites for hydroxylation is 1. The molecule has 1 fully saturated rings. The summed E-state index contributed by atoms with van der Waals surface area (Å²) in [6.45, 7) is 1.03. The number of aromatic nitrogens is 3. The van der Waals surface area contributed by atoms with Gasteiger partial charge in [0.2, 0.25) is 0 Å². The van der Waals surface area contributed by atoms with Gasteiger partial charge in [0.25, 0.3) is 0 Å². The van der Waals surface area contributed by atoms with Crippen LogP contribution < -0.4 is 4.90 Å². The van der Waals surface area contributed by atoms with Crippen molar-refractivity contribution in [2.24, 2.45) is 7.05 Å². The number of pyridine rings is 1. The average molecular weight is 251 g/mol. The molecule has 1 atom stereocenters. The Morgan fingerprint density at radius 3 is 3.18 bits per heavy atom. The van der Waals surface area contributed by atoms with Crippen molar-refractivity contribution in [1.29, 1.82) is 0 Å². The normalized spacial score (nSPS) is 20.4. The number of halogens is 1. The van der Waals surface area contributed by atoms with Crippen molar-refractivity contribution in [1.82, 2.24) is 14.5 Å². The highest BCUT2D eigenvalue weighted by Gasteiger charge is 2.26. The van der Waals surface area contributed by atoms with Gasteiger partial charge in [0.05, 0.1) is 11.8 Å². The van der Waals surface area contributed by atoms with Crippen molar-refractivity contribution in [2.45, 2.75) is 18.9 Å². The van der Waals surface area contributed by atoms with Crippen LogP contribution in [-0.2, 0) is 7.05 Å². The monoisotopic (exact) mass is 250 g/mol. The van der Waals surface area contributed by atoms with Crippen molar-refractivity contribution < 1.29 is 0 Å². The molecule has 0 amide bonds. The maximum Gasteiger partial charge on any atom is 0.157 e. The van der Waals surface area contributed by atoms with E-state index < -0.39 is 0 Å². The lowest BCUT2D eigenvalue weighted by atomic mass is 10.2. The van der Waals surface area contributed by atoms with Crippen LogP contribution in [0, 0.1) is 0 Å². The SMILES string of the molecule is Cn1cnc2c(N3CCCC3CCl)nccc21. The Kier molecular flexibility index (Phi) is 2.67. The summed E-state index contributed by atoms with van der Waals surface area (Å²) in [6, 6.07) is 2.40. The second-order valence-electron chi connectivity index (χ2n) is 4.50. The van der Waals surface area contributed by atoms with Gasteiger partial charge >= 0.3 is 0 Å². The molecule has 1 aliphatic rings. The first-order valence-electron chi connectivity index (χ1n) is 5.90. The Bertz CT molecular complexity index is 536. The van der Waals surface area contributed by atoms with E-state index in [-0.39, 0.29) is 0 Å². The van der Waals surface area contributed by atoms with E-state index in [4.69, 9.17) is 11.6 Å². The molecule has 0 bridgehead atoms. The van der Waals surface area contributed by atoms with Gasteiger partial charge in [-0.1, -0.05) is 0 Å². The van der Waals surface area contributed by atoms with Gasteiger partial charge < -0.3 is 9.47 Å². The summed E-state index contributed by atoms with van der Waals surface area (Å²) in [6.07, 6.45) is 6.02. The Hall–Kier alpha value is -1.29. The van der Waals surface area contributed by atoms with Crippen LogP contribution in [-0.4, -0.2) is 33.0 Å². The smallest absolute Gasteiger partial charge is 0.157 e. The third-order valence-corrected chi connectivity index (χ3v) is 3.81. The summed E-state index contributed by atoms with van der Waals surface area (Å²) >= 11 is 6.01. The predicted molar refractivity (Wildman–Crippen MR) is 69.6 cm³/mol. The highest BCUT2D eigenvalue weighted by molar-refractivity contribution is 6.18. The molecule has 0 saturated carbocycles. The maximum absolute atomic E-state index is 6.01. The van der Waals surface area contributed by atoms with Crippen molar-refractivity contribution in [2.75, 3.05) is 17.3 Å². The number of rotatable bonds is 2. The van der Waals surface area contributed by atoms with Gasteiger partial charge in [0.15, 0.2) is 5.82 Å². The van der Waals surface area contributed by atoms with Crippen LogP contribution >= 0.6 is 11.6 Å². The fourth-order valence-electron chi connectivity index (χ4n) is 2.53. The fraction of sp³-hybridized carbons (Fsp3) is 0.500. The van der Waals surface area contributed by atoms with Crippen molar-refractivity contribution in [3.05, 3.63) is 18.6 Å². The Morgan fingerprint density at radius 2 is 2.35 bits per heavy atom.